The highest BCUT2D eigenvalue weighted by Gasteiger charge is 2.25. The highest BCUT2D eigenvalue weighted by Crippen LogP contribution is 2.37. The molecular weight excluding hydrogens is 300 g/mol. The fourth-order valence-corrected chi connectivity index (χ4v) is 3.33. The molecule has 0 aliphatic carbocycles. The maximum Gasteiger partial charge on any atom is 0.204 e. The van der Waals surface area contributed by atoms with Gasteiger partial charge in [-0.15, -0.1) is 9.89 Å². The summed E-state index contributed by atoms with van der Waals surface area (Å²) in [6, 6.07) is 0. The molecular formula is C18H24N6. The van der Waals surface area contributed by atoms with Crippen molar-refractivity contribution in [3.63, 3.8) is 0 Å². The van der Waals surface area contributed by atoms with Gasteiger partial charge in [0.2, 0.25) is 5.82 Å². The van der Waals surface area contributed by atoms with Crippen LogP contribution in [0.15, 0.2) is 10.1 Å². The molecule has 24 heavy (non-hydrogen) atoms. The second kappa shape index (κ2) is 5.54. The molecule has 3 rings (SSSR count). The van der Waals surface area contributed by atoms with E-state index in [1.807, 2.05) is 13.8 Å². The third-order valence-electron chi connectivity index (χ3n) is 4.71. The van der Waals surface area contributed by atoms with Crippen LogP contribution < -0.4 is 4.90 Å². The normalized spacial score (nSPS) is 15.0. The van der Waals surface area contributed by atoms with Gasteiger partial charge in [0.05, 0.1) is 11.4 Å². The maximum absolute atomic E-state index is 4.96. The number of anilines is 1. The topological polar surface area (TPSA) is 58.7 Å². The molecule has 0 N–H and O–H groups in total. The molecule has 0 saturated carbocycles. The van der Waals surface area contributed by atoms with Crippen molar-refractivity contribution in [1.29, 1.82) is 0 Å². The summed E-state index contributed by atoms with van der Waals surface area (Å²) >= 11 is 0. The van der Waals surface area contributed by atoms with Gasteiger partial charge in [-0.25, -0.2) is 9.98 Å². The lowest BCUT2D eigenvalue weighted by molar-refractivity contribution is 0.736. The number of rotatable bonds is 2. The van der Waals surface area contributed by atoms with E-state index >= 15 is 0 Å². The standard InChI is InChI=1S/C18H24N6/c1-9-11(3)17(23(7)8)12(4)10(2)15(9)20-16-13(5)21-24-18(16)19-14(6)22-24/h1-8H3. The van der Waals surface area contributed by atoms with E-state index in [9.17, 15) is 0 Å². The summed E-state index contributed by atoms with van der Waals surface area (Å²) < 4.78 is 0. The van der Waals surface area contributed by atoms with E-state index in [0.717, 1.165) is 22.9 Å². The van der Waals surface area contributed by atoms with Crippen LogP contribution in [0.4, 0.5) is 11.4 Å². The summed E-state index contributed by atoms with van der Waals surface area (Å²) in [5.74, 6) is 1.42. The molecule has 126 valence electrons. The number of nitrogens with zero attached hydrogens (tertiary/aromatic N) is 6. The molecule has 0 spiro atoms. The first-order valence-corrected chi connectivity index (χ1v) is 8.08. The molecule has 6 heteroatoms. The first-order chi connectivity index (χ1) is 11.2. The number of benzene rings is 1. The Balaban J connectivity index is 2.24. The van der Waals surface area contributed by atoms with Crippen LogP contribution in [0, 0.1) is 34.6 Å². The van der Waals surface area contributed by atoms with Gasteiger partial charge < -0.3 is 4.90 Å². The molecule has 0 saturated heterocycles. The molecule has 1 aromatic carbocycles. The largest absolute Gasteiger partial charge is 0.377 e. The molecule has 2 aromatic rings. The van der Waals surface area contributed by atoms with E-state index in [4.69, 9.17) is 4.99 Å². The van der Waals surface area contributed by atoms with Gasteiger partial charge in [0.25, 0.3) is 0 Å². The highest BCUT2D eigenvalue weighted by atomic mass is 15.6. The molecule has 0 atom stereocenters. The molecule has 0 radical (unpaired) electrons. The summed E-state index contributed by atoms with van der Waals surface area (Å²) in [5, 5.41) is 8.70. The Hall–Kier alpha value is -2.50. The zero-order valence-electron chi connectivity index (χ0n) is 15.7. The van der Waals surface area contributed by atoms with Gasteiger partial charge in [-0.05, 0) is 63.8 Å². The average Bonchev–Trinajstić information content (AvgIpc) is 2.97. The smallest absolute Gasteiger partial charge is 0.204 e. The highest BCUT2D eigenvalue weighted by molar-refractivity contribution is 6.48. The van der Waals surface area contributed by atoms with Crippen molar-refractivity contribution in [2.24, 2.45) is 10.1 Å². The SMILES string of the molecule is CC1=Nn2nc(C)nc2C1=Nc1c(C)c(C)c(N(C)C)c(C)c1C. The average molecular weight is 324 g/mol. The molecule has 1 aromatic heterocycles. The number of fused-ring (bicyclic) bond motifs is 1. The van der Waals surface area contributed by atoms with Crippen LogP contribution in [0.1, 0.15) is 40.8 Å². The van der Waals surface area contributed by atoms with Crippen LogP contribution in [0.25, 0.3) is 0 Å². The van der Waals surface area contributed by atoms with E-state index in [1.165, 1.54) is 27.9 Å². The van der Waals surface area contributed by atoms with Gasteiger partial charge in [0.1, 0.15) is 5.71 Å². The Morgan fingerprint density at radius 3 is 2.00 bits per heavy atom. The quantitative estimate of drug-likeness (QED) is 0.852. The van der Waals surface area contributed by atoms with Crippen LogP contribution >= 0.6 is 0 Å². The molecule has 2 heterocycles. The predicted octanol–water partition coefficient (Wildman–Crippen LogP) is 3.24. The number of hydrogen-bond acceptors (Lipinski definition) is 5. The van der Waals surface area contributed by atoms with Gasteiger partial charge >= 0.3 is 0 Å². The van der Waals surface area contributed by atoms with E-state index in [0.29, 0.717) is 5.82 Å². The zero-order valence-corrected chi connectivity index (χ0v) is 15.7. The van der Waals surface area contributed by atoms with Crippen LogP contribution in [0.2, 0.25) is 0 Å². The van der Waals surface area contributed by atoms with Crippen molar-refractivity contribution >= 4 is 22.8 Å². The molecule has 1 aliphatic rings. The van der Waals surface area contributed by atoms with E-state index < -0.39 is 0 Å². The van der Waals surface area contributed by atoms with Crippen LogP contribution in [-0.4, -0.2) is 40.4 Å². The minimum Gasteiger partial charge on any atom is -0.377 e. The van der Waals surface area contributed by atoms with Gasteiger partial charge in [-0.3, -0.25) is 0 Å². The third-order valence-corrected chi connectivity index (χ3v) is 4.71. The first kappa shape index (κ1) is 16.4. The minimum atomic E-state index is 0.706. The second-order valence-electron chi connectivity index (χ2n) is 6.61. The third kappa shape index (κ3) is 2.33. The maximum atomic E-state index is 4.96. The number of aromatic nitrogens is 3. The lowest BCUT2D eigenvalue weighted by Crippen LogP contribution is -2.14. The Labute approximate surface area is 142 Å². The van der Waals surface area contributed by atoms with E-state index in [2.05, 4.69) is 61.9 Å². The van der Waals surface area contributed by atoms with Crippen molar-refractivity contribution in [1.82, 2.24) is 14.9 Å². The van der Waals surface area contributed by atoms with Crippen LogP contribution in [0.5, 0.6) is 0 Å². The summed E-state index contributed by atoms with van der Waals surface area (Å²) in [5.41, 5.74) is 8.82. The molecule has 1 aliphatic heterocycles. The molecule has 0 bridgehead atoms. The lowest BCUT2D eigenvalue weighted by Gasteiger charge is -2.24. The fourth-order valence-electron chi connectivity index (χ4n) is 3.33. The summed E-state index contributed by atoms with van der Waals surface area (Å²) in [4.78, 5) is 13.2. The monoisotopic (exact) mass is 324 g/mol. The van der Waals surface area contributed by atoms with Gasteiger partial charge in [-0.2, -0.15) is 5.10 Å². The number of aryl methyl sites for hydroxylation is 1. The van der Waals surface area contributed by atoms with Crippen molar-refractivity contribution in [3.8, 4) is 0 Å². The van der Waals surface area contributed by atoms with Gasteiger partial charge in [0.15, 0.2) is 5.82 Å². The summed E-state index contributed by atoms with van der Waals surface area (Å²) in [6.45, 7) is 12.4. The number of hydrogen-bond donors (Lipinski definition) is 0. The minimum absolute atomic E-state index is 0.706. The Morgan fingerprint density at radius 2 is 1.46 bits per heavy atom. The number of aliphatic imine (C=N–C) groups is 1. The Kier molecular flexibility index (Phi) is 3.78. The van der Waals surface area contributed by atoms with Crippen molar-refractivity contribution in [2.75, 3.05) is 19.0 Å². The van der Waals surface area contributed by atoms with E-state index in [1.54, 1.807) is 4.79 Å². The first-order valence-electron chi connectivity index (χ1n) is 8.08. The second-order valence-corrected chi connectivity index (χ2v) is 6.61. The molecule has 0 amide bonds. The summed E-state index contributed by atoms with van der Waals surface area (Å²) in [6.07, 6.45) is 0. The van der Waals surface area contributed by atoms with Gasteiger partial charge in [-0.1, -0.05) is 0 Å². The van der Waals surface area contributed by atoms with Crippen molar-refractivity contribution in [3.05, 3.63) is 33.9 Å². The van der Waals surface area contributed by atoms with Gasteiger partial charge in [0, 0.05) is 19.8 Å². The molecule has 6 nitrogen and oxygen atoms in total. The Bertz CT molecular complexity index is 870. The summed E-state index contributed by atoms with van der Waals surface area (Å²) in [7, 11) is 4.16. The van der Waals surface area contributed by atoms with Crippen LogP contribution in [0.3, 0.4) is 0 Å². The Morgan fingerprint density at radius 1 is 0.875 bits per heavy atom. The van der Waals surface area contributed by atoms with Crippen molar-refractivity contribution in [2.45, 2.75) is 41.5 Å². The fraction of sp³-hybridized carbons (Fsp3) is 0.444. The van der Waals surface area contributed by atoms with Crippen LogP contribution in [-0.2, 0) is 0 Å². The molecule has 0 fully saturated rings. The van der Waals surface area contributed by atoms with E-state index in [-0.39, 0.29) is 0 Å². The van der Waals surface area contributed by atoms with Crippen molar-refractivity contribution < 1.29 is 0 Å². The predicted molar refractivity (Wildman–Crippen MR) is 99.2 cm³/mol. The lowest BCUT2D eigenvalue weighted by atomic mass is 9.95. The zero-order chi connectivity index (χ0) is 17.8. The molecule has 0 unspecified atom stereocenters.